The fourth-order valence-electron chi connectivity index (χ4n) is 2.39. The van der Waals surface area contributed by atoms with E-state index in [0.29, 0.717) is 6.04 Å². The molecule has 1 rings (SSSR count). The van der Waals surface area contributed by atoms with Gasteiger partial charge in [0.25, 0.3) is 0 Å². The largest absolute Gasteiger partial charge is 0.443 e. The molecule has 0 aliphatic rings. The van der Waals surface area contributed by atoms with Gasteiger partial charge in [-0.3, -0.25) is 0 Å². The van der Waals surface area contributed by atoms with Crippen LogP contribution >= 0.6 is 0 Å². The number of nitrogens with zero attached hydrogens (tertiary/aromatic N) is 1. The van der Waals surface area contributed by atoms with Gasteiger partial charge in [-0.2, -0.15) is 4.39 Å². The highest BCUT2D eigenvalue weighted by molar-refractivity contribution is 6.73. The van der Waals surface area contributed by atoms with E-state index in [1.54, 1.807) is 7.11 Å². The molecule has 1 amide bonds. The molecule has 0 aliphatic heterocycles. The van der Waals surface area contributed by atoms with Crippen LogP contribution in [0.5, 0.6) is 5.75 Å². The first kappa shape index (κ1) is 21.4. The second-order valence-corrected chi connectivity index (χ2v) is 10.1. The van der Waals surface area contributed by atoms with Crippen molar-refractivity contribution in [2.75, 3.05) is 13.7 Å². The van der Waals surface area contributed by atoms with E-state index in [9.17, 15) is 26.8 Å². The van der Waals surface area contributed by atoms with Crippen LogP contribution in [0.2, 0.25) is 18.1 Å². The van der Waals surface area contributed by atoms with Crippen molar-refractivity contribution in [2.24, 2.45) is 0 Å². The fourth-order valence-corrected chi connectivity index (χ4v) is 5.19. The van der Waals surface area contributed by atoms with Crippen molar-refractivity contribution in [1.82, 2.24) is 5.12 Å². The van der Waals surface area contributed by atoms with Gasteiger partial charge < -0.3 is 9.16 Å². The molecule has 0 aliphatic carbocycles. The van der Waals surface area contributed by atoms with E-state index in [0.717, 1.165) is 12.1 Å². The number of amides is 1. The molecule has 0 fully saturated rings. The Morgan fingerprint density at radius 1 is 1.12 bits per heavy atom. The maximum atomic E-state index is 13.7. The molecule has 142 valence electrons. The lowest BCUT2D eigenvalue weighted by molar-refractivity contribution is 0.0359. The fraction of sp³-hybridized carbons (Fsp3) is 0.533. The summed E-state index contributed by atoms with van der Waals surface area (Å²) in [5, 5.41) is -0.335. The summed E-state index contributed by atoms with van der Waals surface area (Å²) in [7, 11) is -0.371. The van der Waals surface area contributed by atoms with Gasteiger partial charge in [-0.1, -0.05) is 18.3 Å². The average molecular weight is 385 g/mol. The Morgan fingerprint density at radius 3 is 2.24 bits per heavy atom. The zero-order valence-electron chi connectivity index (χ0n) is 14.2. The van der Waals surface area contributed by atoms with Crippen molar-refractivity contribution in [1.29, 1.82) is 0 Å². The van der Waals surface area contributed by atoms with Gasteiger partial charge in [0.15, 0.2) is 25.7 Å². The summed E-state index contributed by atoms with van der Waals surface area (Å²) in [6.07, 6.45) is -1.37. The molecule has 1 aromatic rings. The van der Waals surface area contributed by atoms with E-state index in [1.807, 2.05) is 13.8 Å². The number of carbonyl (C=O) groups is 1. The Hall–Kier alpha value is -1.68. The van der Waals surface area contributed by atoms with Gasteiger partial charge >= 0.3 is 6.09 Å². The van der Waals surface area contributed by atoms with Crippen LogP contribution in [-0.2, 0) is 4.43 Å². The monoisotopic (exact) mass is 385 g/mol. The number of halogens is 5. The normalized spacial score (nSPS) is 11.5. The molecule has 0 aromatic heterocycles. The number of benzene rings is 1. The summed E-state index contributed by atoms with van der Waals surface area (Å²) in [6, 6.07) is 2.39. The lowest BCUT2D eigenvalue weighted by Gasteiger charge is -2.27. The zero-order chi connectivity index (χ0) is 19.2. The van der Waals surface area contributed by atoms with Crippen LogP contribution in [0.25, 0.3) is 0 Å². The summed E-state index contributed by atoms with van der Waals surface area (Å²) in [4.78, 5) is 11.5. The van der Waals surface area contributed by atoms with Crippen LogP contribution in [-0.4, -0.2) is 33.2 Å². The maximum Gasteiger partial charge on any atom is 0.443 e. The van der Waals surface area contributed by atoms with Crippen LogP contribution in [0.1, 0.15) is 20.3 Å². The second kappa shape index (κ2) is 9.14. The minimum Gasteiger partial charge on any atom is -0.420 e. The molecule has 1 aromatic carbocycles. The Bertz CT molecular complexity index is 605. The van der Waals surface area contributed by atoms with Crippen molar-refractivity contribution in [2.45, 2.75) is 38.4 Å². The van der Waals surface area contributed by atoms with Crippen molar-refractivity contribution in [3.05, 3.63) is 29.3 Å². The van der Waals surface area contributed by atoms with Crippen LogP contribution < -0.4 is 4.74 Å². The topological polar surface area (TPSA) is 38.8 Å². The van der Waals surface area contributed by atoms with Gasteiger partial charge in [0.05, 0.1) is 6.54 Å². The molecular weight excluding hydrogens is 365 g/mol. The van der Waals surface area contributed by atoms with Gasteiger partial charge in [-0.15, -0.1) is 5.12 Å². The van der Waals surface area contributed by atoms with Gasteiger partial charge in [0.2, 0.25) is 11.6 Å². The van der Waals surface area contributed by atoms with E-state index in [-0.39, 0.29) is 24.2 Å². The van der Waals surface area contributed by atoms with Crippen LogP contribution in [0, 0.1) is 23.3 Å². The molecule has 4 nitrogen and oxygen atoms in total. The predicted molar refractivity (Wildman–Crippen MR) is 83.3 cm³/mol. The standard InChI is InChI=1S/C15H20F5NO3Si/c1-4-25(5-2,23-3)8-6-7-21(20)15(22)24-11-9-10(16)12(17)14(19)13(11)18/h9H,4-8H2,1-3H3. The highest BCUT2D eigenvalue weighted by Crippen LogP contribution is 2.26. The predicted octanol–water partition coefficient (Wildman–Crippen LogP) is 4.95. The minimum atomic E-state index is -2.14. The molecular formula is C15H20F5NO3Si. The number of carbonyl (C=O) groups excluding carboxylic acids is 1. The summed E-state index contributed by atoms with van der Waals surface area (Å²) in [5.41, 5.74) is 0. The molecule has 0 unspecified atom stereocenters. The Balaban J connectivity index is 2.67. The summed E-state index contributed by atoms with van der Waals surface area (Å²) in [5.74, 6) is -9.09. The Morgan fingerprint density at radius 2 is 1.72 bits per heavy atom. The quantitative estimate of drug-likeness (QED) is 0.209. The molecule has 0 radical (unpaired) electrons. The van der Waals surface area contributed by atoms with E-state index >= 15 is 0 Å². The number of ether oxygens (including phenoxy) is 1. The number of hydrogen-bond acceptors (Lipinski definition) is 3. The Labute approximate surface area is 143 Å². The summed E-state index contributed by atoms with van der Waals surface area (Å²) >= 11 is 0. The van der Waals surface area contributed by atoms with Crippen LogP contribution in [0.3, 0.4) is 0 Å². The third kappa shape index (κ3) is 5.14. The second-order valence-electron chi connectivity index (χ2n) is 5.45. The first-order valence-electron chi connectivity index (χ1n) is 7.74. The average Bonchev–Trinajstić information content (AvgIpc) is 2.61. The van der Waals surface area contributed by atoms with E-state index < -0.39 is 43.4 Å². The van der Waals surface area contributed by atoms with Crippen molar-refractivity contribution in [3.8, 4) is 5.75 Å². The third-order valence-corrected chi connectivity index (χ3v) is 8.88. The SMILES string of the molecule is CC[Si](CC)(CCCN(F)C(=O)Oc1cc(F)c(F)c(F)c1F)OC. The smallest absolute Gasteiger partial charge is 0.420 e. The minimum absolute atomic E-state index is 0.135. The van der Waals surface area contributed by atoms with E-state index in [2.05, 4.69) is 4.74 Å². The molecule has 10 heteroatoms. The lowest BCUT2D eigenvalue weighted by atomic mass is 10.3. The number of rotatable bonds is 8. The highest BCUT2D eigenvalue weighted by Gasteiger charge is 2.30. The molecule has 0 N–H and O–H groups in total. The van der Waals surface area contributed by atoms with Gasteiger partial charge in [-0.25, -0.2) is 18.0 Å². The van der Waals surface area contributed by atoms with Crippen molar-refractivity contribution >= 4 is 14.4 Å². The molecule has 0 saturated carbocycles. The van der Waals surface area contributed by atoms with E-state index in [1.165, 1.54) is 0 Å². The van der Waals surface area contributed by atoms with Gasteiger partial charge in [0.1, 0.15) is 0 Å². The first-order chi connectivity index (χ1) is 11.7. The molecule has 25 heavy (non-hydrogen) atoms. The summed E-state index contributed by atoms with van der Waals surface area (Å²) < 4.78 is 75.8. The molecule has 0 saturated heterocycles. The lowest BCUT2D eigenvalue weighted by Crippen LogP contribution is -2.36. The van der Waals surface area contributed by atoms with Crippen molar-refractivity contribution in [3.63, 3.8) is 0 Å². The first-order valence-corrected chi connectivity index (χ1v) is 10.3. The summed E-state index contributed by atoms with van der Waals surface area (Å²) in [6.45, 7) is 3.59. The zero-order valence-corrected chi connectivity index (χ0v) is 15.2. The van der Waals surface area contributed by atoms with Gasteiger partial charge in [-0.05, 0) is 24.6 Å². The van der Waals surface area contributed by atoms with E-state index in [4.69, 9.17) is 4.43 Å². The highest BCUT2D eigenvalue weighted by atomic mass is 28.4. The molecule has 0 bridgehead atoms. The molecule has 0 heterocycles. The molecule has 0 spiro atoms. The van der Waals surface area contributed by atoms with Crippen LogP contribution in [0.4, 0.5) is 26.8 Å². The maximum absolute atomic E-state index is 13.7. The molecule has 0 atom stereocenters. The van der Waals surface area contributed by atoms with Crippen LogP contribution in [0.15, 0.2) is 6.07 Å². The van der Waals surface area contributed by atoms with Crippen molar-refractivity contribution < 1.29 is 36.0 Å². The van der Waals surface area contributed by atoms with Gasteiger partial charge in [0, 0.05) is 13.2 Å². The third-order valence-electron chi connectivity index (χ3n) is 4.17. The Kier molecular flexibility index (Phi) is 7.81. The number of hydrogen-bond donors (Lipinski definition) is 0.